The summed E-state index contributed by atoms with van der Waals surface area (Å²) in [5, 5.41) is 2.09. The number of amides is 1. The fraction of sp³-hybridized carbons (Fsp3) is 0.577. The van der Waals surface area contributed by atoms with E-state index in [1.807, 2.05) is 24.1 Å². The van der Waals surface area contributed by atoms with Gasteiger partial charge in [0.2, 0.25) is 5.91 Å². The summed E-state index contributed by atoms with van der Waals surface area (Å²) in [6.07, 6.45) is 2.58. The van der Waals surface area contributed by atoms with Crippen molar-refractivity contribution >= 4 is 27.4 Å². The molecule has 1 aromatic carbocycles. The number of hydrogen-bond acceptors (Lipinski definition) is 8. The van der Waals surface area contributed by atoms with E-state index in [2.05, 4.69) is 43.2 Å². The number of thiophene rings is 1. The highest BCUT2D eigenvalue weighted by molar-refractivity contribution is 7.85. The summed E-state index contributed by atoms with van der Waals surface area (Å²) >= 11 is 1.73. The molecule has 1 saturated heterocycles. The third kappa shape index (κ3) is 5.56. The molecule has 0 radical (unpaired) electrons. The summed E-state index contributed by atoms with van der Waals surface area (Å²) in [7, 11) is -0.0505. The van der Waals surface area contributed by atoms with E-state index in [1.165, 1.54) is 10.4 Å². The monoisotopic (exact) mass is 536 g/mol. The molecular formula is C26H36N2O6S2. The predicted octanol–water partition coefficient (Wildman–Crippen LogP) is 3.82. The van der Waals surface area contributed by atoms with E-state index in [-0.39, 0.29) is 42.7 Å². The molecule has 0 aliphatic carbocycles. The summed E-state index contributed by atoms with van der Waals surface area (Å²) in [5.41, 5.74) is 2.06. The van der Waals surface area contributed by atoms with E-state index in [0.29, 0.717) is 11.5 Å². The fourth-order valence-corrected chi connectivity index (χ4v) is 6.40. The second-order valence-electron chi connectivity index (χ2n) is 10.5. The summed E-state index contributed by atoms with van der Waals surface area (Å²) in [5.74, 6) is 1.48. The average Bonchev–Trinajstić information content (AvgIpc) is 3.47. The second-order valence-corrected chi connectivity index (χ2v) is 13.1. The summed E-state index contributed by atoms with van der Waals surface area (Å²) in [6.45, 7) is 6.96. The molecule has 1 amide bonds. The largest absolute Gasteiger partial charge is 0.493 e. The Morgan fingerprint density at radius 3 is 2.58 bits per heavy atom. The molecule has 198 valence electrons. The molecule has 3 unspecified atom stereocenters. The van der Waals surface area contributed by atoms with Crippen LogP contribution in [0.4, 0.5) is 0 Å². The number of fused-ring (bicyclic) bond motifs is 3. The van der Waals surface area contributed by atoms with Crippen molar-refractivity contribution in [3.05, 3.63) is 45.6 Å². The van der Waals surface area contributed by atoms with Crippen molar-refractivity contribution in [2.24, 2.45) is 0 Å². The minimum absolute atomic E-state index is 0.0373. The van der Waals surface area contributed by atoms with Crippen LogP contribution < -0.4 is 9.47 Å². The first kappa shape index (κ1) is 26.9. The molecule has 2 aromatic rings. The Balaban J connectivity index is 1.68. The number of likely N-dealkylation sites (N-methyl/N-ethyl adjacent to an activating group) is 1. The van der Waals surface area contributed by atoms with Gasteiger partial charge in [-0.2, -0.15) is 8.42 Å². The van der Waals surface area contributed by atoms with Gasteiger partial charge >= 0.3 is 0 Å². The quantitative estimate of drug-likeness (QED) is 0.375. The van der Waals surface area contributed by atoms with E-state index in [4.69, 9.17) is 13.7 Å². The molecule has 0 bridgehead atoms. The van der Waals surface area contributed by atoms with Crippen molar-refractivity contribution in [3.63, 3.8) is 0 Å². The van der Waals surface area contributed by atoms with Gasteiger partial charge in [-0.25, -0.2) is 0 Å². The maximum Gasteiger partial charge on any atom is 0.264 e. The van der Waals surface area contributed by atoms with Crippen molar-refractivity contribution in [1.82, 2.24) is 9.80 Å². The lowest BCUT2D eigenvalue weighted by atomic mass is 9.86. The summed E-state index contributed by atoms with van der Waals surface area (Å²) in [6, 6.07) is 8.08. The van der Waals surface area contributed by atoms with Crippen LogP contribution >= 0.6 is 11.3 Å². The van der Waals surface area contributed by atoms with Gasteiger partial charge < -0.3 is 14.4 Å². The van der Waals surface area contributed by atoms with E-state index in [9.17, 15) is 13.2 Å². The van der Waals surface area contributed by atoms with Crippen LogP contribution in [-0.4, -0.2) is 75.9 Å². The smallest absolute Gasteiger partial charge is 0.264 e. The number of rotatable bonds is 8. The SMILES string of the molecule is COc1cc2c(cc1OCCOS(C)(=O)=O)C1C(c3cccs3)CC(C(=O)N(C)C(C)(C)C)N1CC2. The van der Waals surface area contributed by atoms with Crippen molar-refractivity contribution in [2.75, 3.05) is 40.2 Å². The highest BCUT2D eigenvalue weighted by atomic mass is 32.2. The molecule has 8 nitrogen and oxygen atoms in total. The van der Waals surface area contributed by atoms with Crippen molar-refractivity contribution in [1.29, 1.82) is 0 Å². The Bertz CT molecular complexity index is 1190. The molecule has 1 fully saturated rings. The Hall–Kier alpha value is -2.14. The van der Waals surface area contributed by atoms with Crippen LogP contribution in [0.15, 0.2) is 29.6 Å². The van der Waals surface area contributed by atoms with Gasteiger partial charge in [0.05, 0.1) is 19.4 Å². The standard InChI is InChI=1S/C26H36N2O6S2/c1-26(2,3)27(4)25(29)20-15-19(23-8-7-13-35-23)24-18-16-22(33-11-12-34-36(6,30)31)21(32-5)14-17(18)9-10-28(20)24/h7-8,13-14,16,19-20,24H,9-12,15H2,1-6H3. The summed E-state index contributed by atoms with van der Waals surface area (Å²) < 4.78 is 38.9. The number of nitrogens with zero attached hydrogens (tertiary/aromatic N) is 2. The highest BCUT2D eigenvalue weighted by Crippen LogP contribution is 2.52. The number of carbonyl (C=O) groups is 1. The lowest BCUT2D eigenvalue weighted by molar-refractivity contribution is -0.139. The van der Waals surface area contributed by atoms with Crippen LogP contribution in [0.5, 0.6) is 11.5 Å². The van der Waals surface area contributed by atoms with Gasteiger partial charge in [-0.1, -0.05) is 6.07 Å². The molecule has 2 aliphatic heterocycles. The first-order chi connectivity index (χ1) is 16.9. The van der Waals surface area contributed by atoms with Crippen LogP contribution in [0.2, 0.25) is 0 Å². The Kier molecular flexibility index (Phi) is 7.71. The number of hydrogen-bond donors (Lipinski definition) is 0. The first-order valence-electron chi connectivity index (χ1n) is 12.2. The predicted molar refractivity (Wildman–Crippen MR) is 140 cm³/mol. The Labute approximate surface area is 218 Å². The van der Waals surface area contributed by atoms with E-state index in [0.717, 1.165) is 31.2 Å². The number of methoxy groups -OCH3 is 1. The lowest BCUT2D eigenvalue weighted by Crippen LogP contribution is -2.52. The van der Waals surface area contributed by atoms with E-state index in [1.54, 1.807) is 18.4 Å². The molecular weight excluding hydrogens is 500 g/mol. The zero-order valence-corrected chi connectivity index (χ0v) is 23.4. The molecule has 0 spiro atoms. The molecule has 0 N–H and O–H groups in total. The molecule has 4 rings (SSSR count). The Morgan fingerprint density at radius 1 is 1.22 bits per heavy atom. The van der Waals surface area contributed by atoms with Gasteiger partial charge in [0, 0.05) is 36.0 Å². The zero-order chi connectivity index (χ0) is 26.3. The first-order valence-corrected chi connectivity index (χ1v) is 14.8. The molecule has 1 aromatic heterocycles. The molecule has 10 heteroatoms. The topological polar surface area (TPSA) is 85.4 Å². The third-order valence-electron chi connectivity index (χ3n) is 7.17. The normalized spacial score (nSPS) is 22.1. The molecule has 0 saturated carbocycles. The van der Waals surface area contributed by atoms with Gasteiger partial charge in [-0.3, -0.25) is 13.9 Å². The van der Waals surface area contributed by atoms with Crippen molar-refractivity contribution < 1.29 is 26.9 Å². The lowest BCUT2D eigenvalue weighted by Gasteiger charge is -2.40. The van der Waals surface area contributed by atoms with Gasteiger partial charge in [0.25, 0.3) is 10.1 Å². The number of benzene rings is 1. The van der Waals surface area contributed by atoms with Gasteiger partial charge in [-0.05, 0) is 68.3 Å². The Morgan fingerprint density at radius 2 is 1.97 bits per heavy atom. The molecule has 36 heavy (non-hydrogen) atoms. The number of carbonyl (C=O) groups excluding carboxylic acids is 1. The number of ether oxygens (including phenoxy) is 2. The van der Waals surface area contributed by atoms with Crippen molar-refractivity contribution in [3.8, 4) is 11.5 Å². The molecule has 3 atom stereocenters. The third-order valence-corrected chi connectivity index (χ3v) is 8.77. The van der Waals surface area contributed by atoms with Crippen LogP contribution in [0, 0.1) is 0 Å². The van der Waals surface area contributed by atoms with Crippen LogP contribution in [0.25, 0.3) is 0 Å². The second kappa shape index (κ2) is 10.3. The molecule has 3 heterocycles. The minimum Gasteiger partial charge on any atom is -0.493 e. The summed E-state index contributed by atoms with van der Waals surface area (Å²) in [4.78, 5) is 19.2. The zero-order valence-electron chi connectivity index (χ0n) is 21.8. The van der Waals surface area contributed by atoms with Crippen LogP contribution in [0.1, 0.15) is 55.2 Å². The van der Waals surface area contributed by atoms with E-state index >= 15 is 0 Å². The highest BCUT2D eigenvalue weighted by Gasteiger charge is 2.49. The fourth-order valence-electron chi connectivity index (χ4n) is 5.16. The van der Waals surface area contributed by atoms with E-state index < -0.39 is 10.1 Å². The van der Waals surface area contributed by atoms with Gasteiger partial charge in [0.15, 0.2) is 11.5 Å². The van der Waals surface area contributed by atoms with Gasteiger partial charge in [-0.15, -0.1) is 11.3 Å². The maximum absolute atomic E-state index is 13.7. The van der Waals surface area contributed by atoms with Crippen LogP contribution in [-0.2, 0) is 25.5 Å². The minimum atomic E-state index is -3.54. The maximum atomic E-state index is 13.7. The average molecular weight is 537 g/mol. The molecule has 2 aliphatic rings. The van der Waals surface area contributed by atoms with Gasteiger partial charge in [0.1, 0.15) is 13.2 Å². The van der Waals surface area contributed by atoms with Crippen LogP contribution in [0.3, 0.4) is 0 Å². The van der Waals surface area contributed by atoms with Crippen molar-refractivity contribution in [2.45, 2.75) is 57.2 Å².